The van der Waals surface area contributed by atoms with E-state index in [9.17, 15) is 0 Å². The highest BCUT2D eigenvalue weighted by molar-refractivity contribution is 9.09. The molecule has 1 rings (SSSR count). The summed E-state index contributed by atoms with van der Waals surface area (Å²) in [5.74, 6) is 1.07. The fraction of sp³-hybridized carbons (Fsp3) is 0.375. The van der Waals surface area contributed by atoms with E-state index in [2.05, 4.69) is 73.0 Å². The first-order valence-electron chi connectivity index (χ1n) is 5.98. The second-order valence-electron chi connectivity index (χ2n) is 3.81. The summed E-state index contributed by atoms with van der Waals surface area (Å²) in [6.07, 6.45) is 21.6. The summed E-state index contributed by atoms with van der Waals surface area (Å²) in [5.41, 5.74) is 2.86. The Morgan fingerprint density at radius 1 is 1.44 bits per heavy atom. The van der Waals surface area contributed by atoms with E-state index in [0.29, 0.717) is 0 Å². The predicted octanol–water partition coefficient (Wildman–Crippen LogP) is 5.49. The number of hydrogen-bond donors (Lipinski definition) is 0. The molecule has 0 nitrogen and oxygen atoms in total. The molecule has 0 aromatic heterocycles. The molecule has 2 heteroatoms. The van der Waals surface area contributed by atoms with E-state index >= 15 is 0 Å². The maximum atomic E-state index is 4.00. The summed E-state index contributed by atoms with van der Waals surface area (Å²) in [5, 5.41) is 0.960. The molecule has 0 radical (unpaired) electrons. The molecular formula is C16H21BrS. The SMILES string of the molecule is C#C.C/C=C\C(CSC1=CCCC=C1)=C(/C)CBr. The van der Waals surface area contributed by atoms with Crippen molar-refractivity contribution in [3.05, 3.63) is 46.4 Å². The monoisotopic (exact) mass is 324 g/mol. The van der Waals surface area contributed by atoms with Crippen molar-refractivity contribution in [2.24, 2.45) is 0 Å². The van der Waals surface area contributed by atoms with Crippen LogP contribution in [0.4, 0.5) is 0 Å². The molecule has 0 fully saturated rings. The Kier molecular flexibility index (Phi) is 11.0. The van der Waals surface area contributed by atoms with Crippen LogP contribution in [0, 0.1) is 12.8 Å². The van der Waals surface area contributed by atoms with E-state index in [-0.39, 0.29) is 0 Å². The van der Waals surface area contributed by atoms with Gasteiger partial charge in [0.05, 0.1) is 0 Å². The van der Waals surface area contributed by atoms with E-state index in [1.165, 1.54) is 28.9 Å². The van der Waals surface area contributed by atoms with E-state index in [0.717, 1.165) is 11.1 Å². The molecule has 0 heterocycles. The van der Waals surface area contributed by atoms with Crippen molar-refractivity contribution in [2.75, 3.05) is 11.1 Å². The normalized spacial score (nSPS) is 15.7. The minimum absolute atomic E-state index is 0.960. The number of thioether (sulfide) groups is 1. The van der Waals surface area contributed by atoms with Gasteiger partial charge >= 0.3 is 0 Å². The first kappa shape index (κ1) is 17.4. The van der Waals surface area contributed by atoms with Gasteiger partial charge in [-0.2, -0.15) is 0 Å². The van der Waals surface area contributed by atoms with Crippen LogP contribution in [0.25, 0.3) is 0 Å². The lowest BCUT2D eigenvalue weighted by atomic mass is 10.1. The van der Waals surface area contributed by atoms with Gasteiger partial charge in [-0.15, -0.1) is 24.6 Å². The van der Waals surface area contributed by atoms with Crippen LogP contribution in [0.3, 0.4) is 0 Å². The van der Waals surface area contributed by atoms with Crippen LogP contribution in [-0.2, 0) is 0 Å². The van der Waals surface area contributed by atoms with Gasteiger partial charge in [-0.3, -0.25) is 0 Å². The Balaban J connectivity index is 0.00000137. The molecule has 0 aromatic carbocycles. The van der Waals surface area contributed by atoms with Gasteiger partial charge in [0, 0.05) is 16.0 Å². The van der Waals surface area contributed by atoms with Crippen molar-refractivity contribution >= 4 is 27.7 Å². The summed E-state index contributed by atoms with van der Waals surface area (Å²) in [4.78, 5) is 1.41. The van der Waals surface area contributed by atoms with Gasteiger partial charge in [-0.05, 0) is 32.3 Å². The second-order valence-corrected chi connectivity index (χ2v) is 5.42. The summed E-state index contributed by atoms with van der Waals surface area (Å²) >= 11 is 5.46. The lowest BCUT2D eigenvalue weighted by Gasteiger charge is -2.09. The minimum Gasteiger partial charge on any atom is -0.124 e. The first-order valence-corrected chi connectivity index (χ1v) is 8.08. The summed E-state index contributed by atoms with van der Waals surface area (Å²) in [7, 11) is 0. The second kappa shape index (κ2) is 11.4. The van der Waals surface area contributed by atoms with Crippen molar-refractivity contribution in [3.8, 4) is 12.8 Å². The van der Waals surface area contributed by atoms with Crippen molar-refractivity contribution < 1.29 is 0 Å². The van der Waals surface area contributed by atoms with Gasteiger partial charge in [0.2, 0.25) is 0 Å². The lowest BCUT2D eigenvalue weighted by Crippen LogP contribution is -1.92. The molecule has 0 aromatic rings. The third-order valence-corrected chi connectivity index (χ3v) is 4.40. The van der Waals surface area contributed by atoms with Crippen LogP contribution in [-0.4, -0.2) is 11.1 Å². The molecule has 0 N–H and O–H groups in total. The van der Waals surface area contributed by atoms with E-state index in [1.54, 1.807) is 0 Å². The maximum Gasteiger partial charge on any atom is 0.0245 e. The highest BCUT2D eigenvalue weighted by Crippen LogP contribution is 2.25. The van der Waals surface area contributed by atoms with Crippen molar-refractivity contribution in [2.45, 2.75) is 26.7 Å². The minimum atomic E-state index is 0.960. The molecular weight excluding hydrogens is 304 g/mol. The number of allylic oxidation sites excluding steroid dienone is 6. The number of hydrogen-bond acceptors (Lipinski definition) is 1. The topological polar surface area (TPSA) is 0 Å². The van der Waals surface area contributed by atoms with Gasteiger partial charge in [0.15, 0.2) is 0 Å². The zero-order chi connectivity index (χ0) is 13.8. The smallest absolute Gasteiger partial charge is 0.0245 e. The molecule has 18 heavy (non-hydrogen) atoms. The quantitative estimate of drug-likeness (QED) is 0.366. The Bertz CT molecular complexity index is 370. The third-order valence-electron chi connectivity index (χ3n) is 2.47. The van der Waals surface area contributed by atoms with Gasteiger partial charge < -0.3 is 0 Å². The standard InChI is InChI=1S/C14H19BrS.C2H2/c1-3-7-13(12(2)10-15)11-16-14-8-5-4-6-9-14;1-2/h3,5,7-9H,4,6,10-11H2,1-2H3;1-2H/b7-3-,13-12-;. The Morgan fingerprint density at radius 3 is 2.67 bits per heavy atom. The first-order chi connectivity index (χ1) is 8.77. The van der Waals surface area contributed by atoms with Gasteiger partial charge in [-0.1, -0.05) is 51.9 Å². The number of alkyl halides is 1. The van der Waals surface area contributed by atoms with Crippen molar-refractivity contribution in [1.29, 1.82) is 0 Å². The Hall–Kier alpha value is -0.650. The van der Waals surface area contributed by atoms with Crippen LogP contribution in [0.15, 0.2) is 46.4 Å². The van der Waals surface area contributed by atoms with E-state index < -0.39 is 0 Å². The summed E-state index contributed by atoms with van der Waals surface area (Å²) in [6, 6.07) is 0. The fourth-order valence-electron chi connectivity index (χ4n) is 1.46. The number of rotatable bonds is 5. The largest absolute Gasteiger partial charge is 0.124 e. The molecule has 1 aliphatic carbocycles. The summed E-state index contributed by atoms with van der Waals surface area (Å²) in [6.45, 7) is 4.27. The fourth-order valence-corrected chi connectivity index (χ4v) is 2.91. The van der Waals surface area contributed by atoms with Crippen LogP contribution < -0.4 is 0 Å². The maximum absolute atomic E-state index is 4.00. The molecule has 0 bridgehead atoms. The van der Waals surface area contributed by atoms with Crippen LogP contribution in [0.1, 0.15) is 26.7 Å². The van der Waals surface area contributed by atoms with Gasteiger partial charge in [0.25, 0.3) is 0 Å². The molecule has 0 saturated carbocycles. The number of terminal acetylenes is 1. The van der Waals surface area contributed by atoms with Crippen molar-refractivity contribution in [3.63, 3.8) is 0 Å². The highest BCUT2D eigenvalue weighted by atomic mass is 79.9. The molecule has 1 aliphatic rings. The molecule has 0 saturated heterocycles. The summed E-state index contributed by atoms with van der Waals surface area (Å²) < 4.78 is 0. The average molecular weight is 325 g/mol. The van der Waals surface area contributed by atoms with Crippen molar-refractivity contribution in [1.82, 2.24) is 0 Å². The number of halogens is 1. The third kappa shape index (κ3) is 6.93. The highest BCUT2D eigenvalue weighted by Gasteiger charge is 2.02. The molecule has 0 unspecified atom stereocenters. The zero-order valence-electron chi connectivity index (χ0n) is 11.2. The molecule has 0 aliphatic heterocycles. The Morgan fingerprint density at radius 2 is 2.17 bits per heavy atom. The molecule has 98 valence electrons. The van der Waals surface area contributed by atoms with Gasteiger partial charge in [0.1, 0.15) is 0 Å². The Labute approximate surface area is 124 Å². The van der Waals surface area contributed by atoms with Crippen LogP contribution in [0.5, 0.6) is 0 Å². The average Bonchev–Trinajstić information content (AvgIpc) is 2.46. The molecule has 0 amide bonds. The van der Waals surface area contributed by atoms with E-state index in [4.69, 9.17) is 0 Å². The molecule has 0 spiro atoms. The van der Waals surface area contributed by atoms with Gasteiger partial charge in [-0.25, -0.2) is 0 Å². The molecule has 0 atom stereocenters. The van der Waals surface area contributed by atoms with E-state index in [1.807, 2.05) is 11.8 Å². The van der Waals surface area contributed by atoms with Crippen LogP contribution >= 0.6 is 27.7 Å². The zero-order valence-corrected chi connectivity index (χ0v) is 13.6. The van der Waals surface area contributed by atoms with Crippen LogP contribution in [0.2, 0.25) is 0 Å². The lowest BCUT2D eigenvalue weighted by molar-refractivity contribution is 1.03. The predicted molar refractivity (Wildman–Crippen MR) is 90.1 cm³/mol.